The second-order valence-electron chi connectivity index (χ2n) is 5.59. The maximum Gasteiger partial charge on any atom is 0.267 e. The maximum atomic E-state index is 12.5. The zero-order valence-electron chi connectivity index (χ0n) is 13.8. The number of anilines is 1. The summed E-state index contributed by atoms with van der Waals surface area (Å²) in [5.74, 6) is -0.336. The second-order valence-corrected chi connectivity index (χ2v) is 8.30. The third-order valence-corrected chi connectivity index (χ3v) is 6.00. The molecule has 3 aromatic rings. The van der Waals surface area contributed by atoms with Crippen LogP contribution in [-0.4, -0.2) is 37.6 Å². The number of fused-ring (bicyclic) bond motifs is 1. The van der Waals surface area contributed by atoms with Crippen molar-refractivity contribution in [3.63, 3.8) is 0 Å². The Bertz CT molecular complexity index is 1040. The molecule has 136 valence electrons. The van der Waals surface area contributed by atoms with Gasteiger partial charge < -0.3 is 5.32 Å². The van der Waals surface area contributed by atoms with E-state index < -0.39 is 16.1 Å². The number of nitrogens with two attached hydrogens (primary N) is 1. The quantitative estimate of drug-likeness (QED) is 0.540. The van der Waals surface area contributed by atoms with Gasteiger partial charge in [0, 0.05) is 0 Å². The van der Waals surface area contributed by atoms with Gasteiger partial charge in [-0.15, -0.1) is 10.2 Å². The number of carbonyl (C=O) groups excluding carboxylic acids is 1. The van der Waals surface area contributed by atoms with E-state index in [4.69, 9.17) is 5.14 Å². The number of carbonyl (C=O) groups is 1. The second kappa shape index (κ2) is 7.46. The monoisotopic (exact) mass is 391 g/mol. The molecule has 26 heavy (non-hydrogen) atoms. The fourth-order valence-corrected chi connectivity index (χ4v) is 3.92. The summed E-state index contributed by atoms with van der Waals surface area (Å²) in [6.45, 7) is 0. The molecule has 1 atom stereocenters. The van der Waals surface area contributed by atoms with Crippen LogP contribution < -0.4 is 15.8 Å². The van der Waals surface area contributed by atoms with Crippen molar-refractivity contribution in [3.05, 3.63) is 48.0 Å². The average molecular weight is 391 g/mol. The summed E-state index contributed by atoms with van der Waals surface area (Å²) < 4.78 is 22.2. The van der Waals surface area contributed by atoms with Gasteiger partial charge in [0.1, 0.15) is 0 Å². The van der Waals surface area contributed by atoms with E-state index >= 15 is 0 Å². The molecule has 2 aromatic carbocycles. The first kappa shape index (κ1) is 18.4. The fourth-order valence-electron chi connectivity index (χ4n) is 2.58. The molecule has 0 radical (unpaired) electrons. The minimum atomic E-state index is -3.94. The van der Waals surface area contributed by atoms with Crippen LogP contribution in [0.1, 0.15) is 5.56 Å². The van der Waals surface area contributed by atoms with Crippen LogP contribution in [0.15, 0.2) is 46.8 Å². The van der Waals surface area contributed by atoms with Crippen LogP contribution in [0.2, 0.25) is 0 Å². The van der Waals surface area contributed by atoms with E-state index in [0.717, 1.165) is 16.3 Å². The first-order chi connectivity index (χ1) is 12.4. The third kappa shape index (κ3) is 4.05. The van der Waals surface area contributed by atoms with Gasteiger partial charge in [0.25, 0.3) is 10.0 Å². The number of aromatic nitrogens is 2. The molecule has 4 N–H and O–H groups in total. The molecular weight excluding hydrogens is 374 g/mol. The SMILES string of the molecule is CN[C@@H](Cc1cccc2ccccc12)C(=O)Nc1nnc(S(N)(=O)=O)s1. The molecule has 0 saturated carbocycles. The lowest BCUT2D eigenvalue weighted by atomic mass is 9.98. The van der Waals surface area contributed by atoms with E-state index in [1.54, 1.807) is 7.05 Å². The van der Waals surface area contributed by atoms with E-state index in [2.05, 4.69) is 20.8 Å². The van der Waals surface area contributed by atoms with Crippen LogP contribution >= 0.6 is 11.3 Å². The zero-order valence-corrected chi connectivity index (χ0v) is 15.5. The molecule has 1 amide bonds. The van der Waals surface area contributed by atoms with Crippen LogP contribution in [0.25, 0.3) is 10.8 Å². The number of nitrogens with one attached hydrogen (secondary N) is 2. The minimum Gasteiger partial charge on any atom is -0.309 e. The molecule has 0 aliphatic carbocycles. The van der Waals surface area contributed by atoms with Crippen molar-refractivity contribution < 1.29 is 13.2 Å². The summed E-state index contributed by atoms with van der Waals surface area (Å²) in [6, 6.07) is 13.4. The summed E-state index contributed by atoms with van der Waals surface area (Å²) in [6.07, 6.45) is 0.463. The zero-order chi connectivity index (χ0) is 18.7. The number of rotatable bonds is 6. The molecule has 3 rings (SSSR count). The normalized spacial score (nSPS) is 12.8. The van der Waals surface area contributed by atoms with Gasteiger partial charge in [-0.3, -0.25) is 10.1 Å². The smallest absolute Gasteiger partial charge is 0.267 e. The van der Waals surface area contributed by atoms with Crippen molar-refractivity contribution >= 4 is 43.2 Å². The van der Waals surface area contributed by atoms with E-state index in [9.17, 15) is 13.2 Å². The third-order valence-electron chi connectivity index (χ3n) is 3.85. The van der Waals surface area contributed by atoms with Gasteiger partial charge in [-0.25, -0.2) is 13.6 Å². The molecule has 0 aliphatic heterocycles. The molecule has 0 aliphatic rings. The molecule has 10 heteroatoms. The lowest BCUT2D eigenvalue weighted by Gasteiger charge is -2.16. The van der Waals surface area contributed by atoms with Crippen molar-refractivity contribution in [1.82, 2.24) is 15.5 Å². The number of amides is 1. The Balaban J connectivity index is 1.78. The fraction of sp³-hybridized carbons (Fsp3) is 0.188. The molecule has 8 nitrogen and oxygen atoms in total. The minimum absolute atomic E-state index is 0.0807. The highest BCUT2D eigenvalue weighted by Gasteiger charge is 2.21. The lowest BCUT2D eigenvalue weighted by Crippen LogP contribution is -2.40. The van der Waals surface area contributed by atoms with Crippen molar-refractivity contribution in [2.24, 2.45) is 5.14 Å². The Hall–Kier alpha value is -2.40. The van der Waals surface area contributed by atoms with Crippen LogP contribution in [0.3, 0.4) is 0 Å². The number of primary sulfonamides is 1. The maximum absolute atomic E-state index is 12.5. The Kier molecular flexibility index (Phi) is 5.28. The summed E-state index contributed by atoms with van der Waals surface area (Å²) in [5, 5.41) is 19.9. The largest absolute Gasteiger partial charge is 0.309 e. The molecule has 0 unspecified atom stereocenters. The highest BCUT2D eigenvalue weighted by molar-refractivity contribution is 7.91. The molecule has 1 aromatic heterocycles. The van der Waals surface area contributed by atoms with Crippen LogP contribution in [0, 0.1) is 0 Å². The molecule has 1 heterocycles. The van der Waals surface area contributed by atoms with Crippen LogP contribution in [0.4, 0.5) is 5.13 Å². The number of likely N-dealkylation sites (N-methyl/N-ethyl adjacent to an activating group) is 1. The topological polar surface area (TPSA) is 127 Å². The average Bonchev–Trinajstić information content (AvgIpc) is 3.08. The number of hydrogen-bond acceptors (Lipinski definition) is 7. The summed E-state index contributed by atoms with van der Waals surface area (Å²) in [5.41, 5.74) is 1.03. The van der Waals surface area contributed by atoms with E-state index in [1.165, 1.54) is 0 Å². The molecule has 0 spiro atoms. The molecule has 0 saturated heterocycles. The van der Waals surface area contributed by atoms with E-state index in [-0.39, 0.29) is 15.4 Å². The molecule has 0 fully saturated rings. The Labute approximate surface area is 154 Å². The standard InChI is InChI=1S/C16H17N5O3S2/c1-18-13(9-11-7-4-6-10-5-2-3-8-12(10)11)14(22)19-15-20-21-16(25-15)26(17,23)24/h2-8,13,18H,9H2,1H3,(H2,17,23,24)(H,19,20,22)/t13-/m0/s1. The molecular formula is C16H17N5O3S2. The van der Waals surface area contributed by atoms with Crippen molar-refractivity contribution in [1.29, 1.82) is 0 Å². The van der Waals surface area contributed by atoms with E-state index in [0.29, 0.717) is 17.8 Å². The van der Waals surface area contributed by atoms with Gasteiger partial charge in [-0.2, -0.15) is 0 Å². The summed E-state index contributed by atoms with van der Waals surface area (Å²) in [4.78, 5) is 12.5. The van der Waals surface area contributed by atoms with Gasteiger partial charge in [-0.05, 0) is 29.8 Å². The Morgan fingerprint density at radius 1 is 1.19 bits per heavy atom. The number of sulfonamides is 1. The highest BCUT2D eigenvalue weighted by Crippen LogP contribution is 2.21. The highest BCUT2D eigenvalue weighted by atomic mass is 32.2. The summed E-state index contributed by atoms with van der Waals surface area (Å²) >= 11 is 0.710. The van der Waals surface area contributed by atoms with Gasteiger partial charge in [-0.1, -0.05) is 53.8 Å². The van der Waals surface area contributed by atoms with Gasteiger partial charge in [0.2, 0.25) is 15.4 Å². The van der Waals surface area contributed by atoms with Crippen LogP contribution in [-0.2, 0) is 21.2 Å². The Morgan fingerprint density at radius 2 is 1.92 bits per heavy atom. The number of nitrogens with zero attached hydrogens (tertiary/aromatic N) is 2. The van der Waals surface area contributed by atoms with E-state index in [1.807, 2.05) is 42.5 Å². The van der Waals surface area contributed by atoms with Crippen molar-refractivity contribution in [3.8, 4) is 0 Å². The first-order valence-electron chi connectivity index (χ1n) is 7.69. The van der Waals surface area contributed by atoms with Crippen molar-refractivity contribution in [2.75, 3.05) is 12.4 Å². The van der Waals surface area contributed by atoms with Crippen molar-refractivity contribution in [2.45, 2.75) is 16.8 Å². The Morgan fingerprint density at radius 3 is 2.62 bits per heavy atom. The predicted molar refractivity (Wildman–Crippen MR) is 100 cm³/mol. The van der Waals surface area contributed by atoms with Gasteiger partial charge >= 0.3 is 0 Å². The first-order valence-corrected chi connectivity index (χ1v) is 10.1. The predicted octanol–water partition coefficient (Wildman–Crippen LogP) is 1.11. The number of benzene rings is 2. The van der Waals surface area contributed by atoms with Gasteiger partial charge in [0.05, 0.1) is 6.04 Å². The summed E-state index contributed by atoms with van der Waals surface area (Å²) in [7, 11) is -2.25. The lowest BCUT2D eigenvalue weighted by molar-refractivity contribution is -0.118. The van der Waals surface area contributed by atoms with Crippen LogP contribution in [0.5, 0.6) is 0 Å². The van der Waals surface area contributed by atoms with Gasteiger partial charge in [0.15, 0.2) is 0 Å². The molecule has 0 bridgehead atoms. The number of hydrogen-bond donors (Lipinski definition) is 3.